The van der Waals surface area contributed by atoms with Gasteiger partial charge in [0.05, 0.1) is 11.2 Å². The molecule has 0 saturated heterocycles. The van der Waals surface area contributed by atoms with E-state index in [4.69, 9.17) is 9.82 Å². The third-order valence-electron chi connectivity index (χ3n) is 6.34. The van der Waals surface area contributed by atoms with Crippen molar-refractivity contribution in [3.05, 3.63) is 90.5 Å². The average Bonchev–Trinajstić information content (AvgIpc) is 3.58. The van der Waals surface area contributed by atoms with Crippen LogP contribution in [0, 0.1) is 0 Å². The fourth-order valence-corrected chi connectivity index (χ4v) is 4.46. The van der Waals surface area contributed by atoms with Crippen LogP contribution in [0.4, 0.5) is 0 Å². The number of hydrogen-bond acceptors (Lipinski definition) is 6. The fraction of sp³-hybridized carbons (Fsp3) is 0.276. The highest BCUT2D eigenvalue weighted by Gasteiger charge is 2.18. The zero-order valence-electron chi connectivity index (χ0n) is 21.0. The summed E-state index contributed by atoms with van der Waals surface area (Å²) in [5.41, 5.74) is 5.32. The quantitative estimate of drug-likeness (QED) is 0.223. The van der Waals surface area contributed by atoms with E-state index in [1.54, 1.807) is 4.73 Å². The number of carbonyl (C=O) groups is 1. The molecule has 5 rings (SSSR count). The minimum Gasteiger partial charge on any atom is -0.335 e. The molecule has 2 aromatic heterocycles. The normalized spacial score (nSPS) is 11.2. The first-order valence-electron chi connectivity index (χ1n) is 12.8. The molecule has 0 amide bonds. The van der Waals surface area contributed by atoms with Gasteiger partial charge in [-0.25, -0.2) is 9.78 Å². The van der Waals surface area contributed by atoms with E-state index in [1.807, 2.05) is 72.8 Å². The second-order valence-electron chi connectivity index (χ2n) is 9.06. The minimum atomic E-state index is -0.239. The van der Waals surface area contributed by atoms with Crippen LogP contribution in [0.15, 0.2) is 79.1 Å². The Morgan fingerprint density at radius 2 is 1.73 bits per heavy atom. The summed E-state index contributed by atoms with van der Waals surface area (Å²) >= 11 is 0. The summed E-state index contributed by atoms with van der Waals surface area (Å²) in [6, 6.07) is 23.9. The van der Waals surface area contributed by atoms with E-state index in [1.165, 1.54) is 24.0 Å². The molecule has 0 aliphatic carbocycles. The summed E-state index contributed by atoms with van der Waals surface area (Å²) in [5, 5.41) is 12.1. The van der Waals surface area contributed by atoms with Gasteiger partial charge in [0.1, 0.15) is 5.52 Å². The molecule has 0 radical (unpaired) electrons. The second-order valence-corrected chi connectivity index (χ2v) is 9.06. The molecule has 0 N–H and O–H groups in total. The zero-order valence-corrected chi connectivity index (χ0v) is 21.0. The molecule has 3 aromatic carbocycles. The van der Waals surface area contributed by atoms with Gasteiger partial charge < -0.3 is 4.84 Å². The summed E-state index contributed by atoms with van der Waals surface area (Å²) in [6.45, 7) is 2.18. The maximum atomic E-state index is 12.8. The van der Waals surface area contributed by atoms with Crippen molar-refractivity contribution in [2.75, 3.05) is 0 Å². The van der Waals surface area contributed by atoms with Crippen molar-refractivity contribution < 1.29 is 9.63 Å². The maximum Gasteiger partial charge on any atom is 0.332 e. The van der Waals surface area contributed by atoms with Crippen LogP contribution in [0.25, 0.3) is 27.8 Å². The van der Waals surface area contributed by atoms with E-state index < -0.39 is 0 Å². The lowest BCUT2D eigenvalue weighted by Crippen LogP contribution is -2.21. The summed E-state index contributed by atoms with van der Waals surface area (Å²) < 4.78 is 1.60. The first-order chi connectivity index (χ1) is 18.2. The number of tetrazole rings is 1. The molecule has 0 bridgehead atoms. The van der Waals surface area contributed by atoms with Gasteiger partial charge in [-0.05, 0) is 41.0 Å². The number of rotatable bonds is 11. The van der Waals surface area contributed by atoms with Crippen LogP contribution < -0.4 is 4.84 Å². The van der Waals surface area contributed by atoms with Crippen molar-refractivity contribution in [3.63, 3.8) is 0 Å². The molecule has 2 heterocycles. The van der Waals surface area contributed by atoms with Crippen LogP contribution in [0.3, 0.4) is 0 Å². The lowest BCUT2D eigenvalue weighted by atomic mass is 10.0. The predicted octanol–water partition coefficient (Wildman–Crippen LogP) is 5.59. The highest BCUT2D eigenvalue weighted by molar-refractivity contribution is 5.85. The average molecular weight is 495 g/mol. The van der Waals surface area contributed by atoms with Gasteiger partial charge in [0.2, 0.25) is 0 Å². The number of unbranched alkanes of at least 4 members (excludes halogenated alkanes) is 4. The molecule has 5 aromatic rings. The van der Waals surface area contributed by atoms with E-state index in [2.05, 4.69) is 22.3 Å². The molecule has 0 atom stereocenters. The number of imidazole rings is 1. The molecule has 0 saturated carbocycles. The number of nitrogens with zero attached hydrogens (tertiary/aromatic N) is 6. The monoisotopic (exact) mass is 494 g/mol. The van der Waals surface area contributed by atoms with Crippen LogP contribution in [0.1, 0.15) is 56.8 Å². The SMILES string of the molecule is CCCCCCCC(=O)On1c(Cc2ccccc2)nc2cc(-c3ccccc3-n3ncnn3)ccc21. The first-order valence-corrected chi connectivity index (χ1v) is 12.8. The van der Waals surface area contributed by atoms with Crippen LogP contribution in [-0.2, 0) is 11.2 Å². The van der Waals surface area contributed by atoms with Crippen molar-refractivity contribution in [1.82, 2.24) is 29.9 Å². The van der Waals surface area contributed by atoms with E-state index in [-0.39, 0.29) is 5.97 Å². The summed E-state index contributed by atoms with van der Waals surface area (Å²) in [5.74, 6) is 0.445. The Kier molecular flexibility index (Phi) is 7.64. The van der Waals surface area contributed by atoms with Gasteiger partial charge in [-0.3, -0.25) is 0 Å². The van der Waals surface area contributed by atoms with Crippen LogP contribution in [0.2, 0.25) is 0 Å². The van der Waals surface area contributed by atoms with Crippen molar-refractivity contribution in [3.8, 4) is 16.8 Å². The molecule has 0 aliphatic rings. The van der Waals surface area contributed by atoms with E-state index in [0.29, 0.717) is 18.7 Å². The van der Waals surface area contributed by atoms with Crippen LogP contribution >= 0.6 is 0 Å². The van der Waals surface area contributed by atoms with E-state index in [9.17, 15) is 4.79 Å². The molecule has 8 heteroatoms. The van der Waals surface area contributed by atoms with Gasteiger partial charge >= 0.3 is 5.97 Å². The van der Waals surface area contributed by atoms with E-state index >= 15 is 0 Å². The number of hydrogen-bond donors (Lipinski definition) is 0. The Bertz CT molecular complexity index is 1460. The van der Waals surface area contributed by atoms with Gasteiger partial charge in [0.25, 0.3) is 0 Å². The largest absolute Gasteiger partial charge is 0.335 e. The van der Waals surface area contributed by atoms with Crippen LogP contribution in [0.5, 0.6) is 0 Å². The number of para-hydroxylation sites is 1. The first kappa shape index (κ1) is 24.4. The molecule has 0 aliphatic heterocycles. The number of benzene rings is 3. The van der Waals surface area contributed by atoms with Gasteiger partial charge in [0.15, 0.2) is 12.2 Å². The second kappa shape index (κ2) is 11.6. The third-order valence-corrected chi connectivity index (χ3v) is 6.34. The standard InChI is InChI=1S/C29H30N6O2/c1-2-3-4-5-9-16-29(36)37-34-27-18-17-23(24-14-10-11-15-26(24)35-31-21-30-33-35)20-25(27)32-28(34)19-22-12-7-6-8-13-22/h6-8,10-15,17-18,20-21H,2-5,9,16,19H2,1H3. The smallest absolute Gasteiger partial charge is 0.332 e. The Morgan fingerprint density at radius 1 is 0.919 bits per heavy atom. The van der Waals surface area contributed by atoms with E-state index in [0.717, 1.165) is 52.7 Å². The fourth-order valence-electron chi connectivity index (χ4n) is 4.46. The van der Waals surface area contributed by atoms with Crippen molar-refractivity contribution >= 4 is 17.0 Å². The molecular weight excluding hydrogens is 464 g/mol. The van der Waals surface area contributed by atoms with Gasteiger partial charge in [-0.1, -0.05) is 87.2 Å². The Morgan fingerprint density at radius 3 is 2.54 bits per heavy atom. The molecule has 0 fully saturated rings. The Hall–Kier alpha value is -4.33. The van der Waals surface area contributed by atoms with Gasteiger partial charge in [-0.2, -0.15) is 4.73 Å². The van der Waals surface area contributed by atoms with Crippen LogP contribution in [-0.4, -0.2) is 35.9 Å². The molecule has 37 heavy (non-hydrogen) atoms. The lowest BCUT2D eigenvalue weighted by molar-refractivity contribution is -0.144. The van der Waals surface area contributed by atoms with Crippen molar-refractivity contribution in [1.29, 1.82) is 0 Å². The number of carbonyl (C=O) groups excluding carboxylic acids is 1. The molecular formula is C29H30N6O2. The summed E-state index contributed by atoms with van der Waals surface area (Å²) in [7, 11) is 0. The Labute approximate surface area is 215 Å². The van der Waals surface area contributed by atoms with Crippen molar-refractivity contribution in [2.24, 2.45) is 0 Å². The Balaban J connectivity index is 1.47. The topological polar surface area (TPSA) is 87.7 Å². The summed E-state index contributed by atoms with van der Waals surface area (Å²) in [4.78, 5) is 25.0. The minimum absolute atomic E-state index is 0.239. The number of fused-ring (bicyclic) bond motifs is 1. The predicted molar refractivity (Wildman–Crippen MR) is 142 cm³/mol. The molecule has 188 valence electrons. The van der Waals surface area contributed by atoms with Gasteiger partial charge in [-0.15, -0.1) is 15.0 Å². The zero-order chi connectivity index (χ0) is 25.5. The highest BCUT2D eigenvalue weighted by atomic mass is 16.7. The molecule has 0 unspecified atom stereocenters. The lowest BCUT2D eigenvalue weighted by Gasteiger charge is -2.10. The molecule has 0 spiro atoms. The van der Waals surface area contributed by atoms with Gasteiger partial charge in [0, 0.05) is 18.4 Å². The summed E-state index contributed by atoms with van der Waals surface area (Å²) in [6.07, 6.45) is 7.74. The number of aromatic nitrogens is 6. The maximum absolute atomic E-state index is 12.8. The highest BCUT2D eigenvalue weighted by Crippen LogP contribution is 2.29. The van der Waals surface area contributed by atoms with Crippen molar-refractivity contribution in [2.45, 2.75) is 51.9 Å². The molecule has 8 nitrogen and oxygen atoms in total. The third kappa shape index (κ3) is 5.74.